The SMILES string of the molecule is C#CCCCCC(=O)N(C)[C@H](C(=O)N(C)[C@H](C(=O)N(C)[C@H](C(=O)N(C)[C@@H](C)C(=O)N(C)[C@@H](Cc1ccccc1)C(=O)N(C)C)C(C)C)C(C)C)C(C)C. The molecule has 0 saturated heterocycles. The zero-order valence-electron chi connectivity index (χ0n) is 34.8. The Kier molecular flexibility index (Phi) is 18.8. The summed E-state index contributed by atoms with van der Waals surface area (Å²) < 4.78 is 0. The van der Waals surface area contributed by atoms with Crippen molar-refractivity contribution in [3.63, 3.8) is 0 Å². The molecule has 0 aromatic heterocycles. The summed E-state index contributed by atoms with van der Waals surface area (Å²) in [4.78, 5) is 91.4. The molecule has 0 radical (unpaired) electrons. The van der Waals surface area contributed by atoms with Gasteiger partial charge in [0, 0.05) is 68.6 Å². The smallest absolute Gasteiger partial charge is 0.246 e. The number of benzene rings is 1. The zero-order chi connectivity index (χ0) is 40.9. The van der Waals surface area contributed by atoms with E-state index in [0.29, 0.717) is 25.7 Å². The van der Waals surface area contributed by atoms with Crippen LogP contribution >= 0.6 is 0 Å². The van der Waals surface area contributed by atoms with E-state index in [0.717, 1.165) is 5.56 Å². The summed E-state index contributed by atoms with van der Waals surface area (Å²) in [6, 6.07) is 4.96. The molecule has 0 heterocycles. The fraction of sp³-hybridized carbons (Fsp3) is 0.659. The van der Waals surface area contributed by atoms with Crippen LogP contribution in [0.3, 0.4) is 0 Å². The highest BCUT2D eigenvalue weighted by Crippen LogP contribution is 2.23. The largest absolute Gasteiger partial charge is 0.347 e. The Labute approximate surface area is 319 Å². The van der Waals surface area contributed by atoms with Crippen LogP contribution in [0, 0.1) is 30.1 Å². The number of unbranched alkanes of at least 4 members (excludes halogenated alkanes) is 2. The van der Waals surface area contributed by atoms with Crippen LogP contribution in [0.25, 0.3) is 0 Å². The lowest BCUT2D eigenvalue weighted by Crippen LogP contribution is -2.61. The van der Waals surface area contributed by atoms with Gasteiger partial charge < -0.3 is 29.4 Å². The molecule has 6 amide bonds. The van der Waals surface area contributed by atoms with Crippen LogP contribution in [0.5, 0.6) is 0 Å². The van der Waals surface area contributed by atoms with E-state index in [1.807, 2.05) is 71.9 Å². The molecule has 0 fully saturated rings. The van der Waals surface area contributed by atoms with Crippen molar-refractivity contribution in [2.45, 2.75) is 111 Å². The van der Waals surface area contributed by atoms with Crippen molar-refractivity contribution < 1.29 is 28.8 Å². The van der Waals surface area contributed by atoms with E-state index in [1.165, 1.54) is 36.4 Å². The number of carbonyl (C=O) groups excluding carboxylic acids is 6. The Hall–Kier alpha value is -4.40. The second-order valence-electron chi connectivity index (χ2n) is 15.4. The topological polar surface area (TPSA) is 122 Å². The molecule has 0 unspecified atom stereocenters. The van der Waals surface area contributed by atoms with Crippen LogP contribution in [0.4, 0.5) is 0 Å². The van der Waals surface area contributed by atoms with Crippen molar-refractivity contribution in [1.29, 1.82) is 0 Å². The standard InChI is InChI=1S/C41H66N6O6/c1-16-17-18-22-25-33(48)45(13)34(27(2)3)40(52)47(15)36(29(6)7)41(53)46(14)35(28(4)5)39(51)43(11)30(8)37(49)44(12)32(38(50)42(9)10)26-31-23-20-19-21-24-31/h1,19-21,23-24,27-30,32,34-36H,17-18,22,25-26H2,2-15H3/t30-,32-,34-,35-,36-/m0/s1. The van der Waals surface area contributed by atoms with Gasteiger partial charge in [0.2, 0.25) is 35.4 Å². The fourth-order valence-corrected chi connectivity index (χ4v) is 6.76. The third kappa shape index (κ3) is 12.3. The van der Waals surface area contributed by atoms with Crippen molar-refractivity contribution in [2.24, 2.45) is 17.8 Å². The molecule has 0 spiro atoms. The maximum Gasteiger partial charge on any atom is 0.246 e. The lowest BCUT2D eigenvalue weighted by molar-refractivity contribution is -0.157. The van der Waals surface area contributed by atoms with Crippen LogP contribution in [-0.2, 0) is 35.2 Å². The first-order valence-electron chi connectivity index (χ1n) is 18.6. The third-order valence-electron chi connectivity index (χ3n) is 10.1. The molecule has 12 nitrogen and oxygen atoms in total. The molecular weight excluding hydrogens is 672 g/mol. The van der Waals surface area contributed by atoms with Crippen LogP contribution in [0.15, 0.2) is 30.3 Å². The van der Waals surface area contributed by atoms with Crippen molar-refractivity contribution >= 4 is 35.4 Å². The fourth-order valence-electron chi connectivity index (χ4n) is 6.76. The monoisotopic (exact) mass is 739 g/mol. The van der Waals surface area contributed by atoms with Crippen molar-refractivity contribution in [1.82, 2.24) is 29.4 Å². The highest BCUT2D eigenvalue weighted by molar-refractivity contribution is 5.96. The summed E-state index contributed by atoms with van der Waals surface area (Å²) in [5.41, 5.74) is 0.890. The van der Waals surface area contributed by atoms with Gasteiger partial charge in [0.25, 0.3) is 0 Å². The van der Waals surface area contributed by atoms with Crippen molar-refractivity contribution in [2.75, 3.05) is 49.3 Å². The summed E-state index contributed by atoms with van der Waals surface area (Å²) in [6.07, 6.45) is 7.80. The van der Waals surface area contributed by atoms with Gasteiger partial charge in [0.15, 0.2) is 0 Å². The Bertz CT molecular complexity index is 1440. The van der Waals surface area contributed by atoms with E-state index >= 15 is 0 Å². The zero-order valence-corrected chi connectivity index (χ0v) is 34.8. The maximum atomic E-state index is 14.4. The first kappa shape index (κ1) is 46.6. The molecule has 0 aliphatic rings. The van der Waals surface area contributed by atoms with E-state index in [4.69, 9.17) is 6.42 Å². The van der Waals surface area contributed by atoms with E-state index < -0.39 is 47.9 Å². The summed E-state index contributed by atoms with van der Waals surface area (Å²) in [6.45, 7) is 12.6. The molecule has 1 aromatic rings. The molecule has 0 bridgehead atoms. The Morgan fingerprint density at radius 2 is 1.00 bits per heavy atom. The number of amides is 6. The third-order valence-corrected chi connectivity index (χ3v) is 10.1. The van der Waals surface area contributed by atoms with E-state index in [2.05, 4.69) is 5.92 Å². The maximum absolute atomic E-state index is 14.4. The van der Waals surface area contributed by atoms with E-state index in [1.54, 1.807) is 49.2 Å². The molecule has 0 aliphatic carbocycles. The number of nitrogens with zero attached hydrogens (tertiary/aromatic N) is 6. The highest BCUT2D eigenvalue weighted by atomic mass is 16.2. The van der Waals surface area contributed by atoms with Gasteiger partial charge in [-0.3, -0.25) is 28.8 Å². The van der Waals surface area contributed by atoms with Crippen molar-refractivity contribution in [3.05, 3.63) is 35.9 Å². The van der Waals surface area contributed by atoms with E-state index in [9.17, 15) is 28.8 Å². The minimum Gasteiger partial charge on any atom is -0.347 e. The van der Waals surface area contributed by atoms with E-state index in [-0.39, 0.29) is 41.9 Å². The minimum absolute atomic E-state index is 0.174. The number of terminal acetylenes is 1. The van der Waals surface area contributed by atoms with Crippen LogP contribution in [0.2, 0.25) is 0 Å². The highest BCUT2D eigenvalue weighted by Gasteiger charge is 2.43. The lowest BCUT2D eigenvalue weighted by atomic mass is 9.94. The Morgan fingerprint density at radius 3 is 1.42 bits per heavy atom. The quantitative estimate of drug-likeness (QED) is 0.158. The Morgan fingerprint density at radius 1 is 0.566 bits per heavy atom. The summed E-state index contributed by atoms with van der Waals surface area (Å²) in [5, 5.41) is 0. The average molecular weight is 739 g/mol. The minimum atomic E-state index is -0.963. The van der Waals surface area contributed by atoms with Gasteiger partial charge in [-0.15, -0.1) is 12.3 Å². The summed E-state index contributed by atoms with van der Waals surface area (Å²) >= 11 is 0. The lowest BCUT2D eigenvalue weighted by Gasteiger charge is -2.41. The van der Waals surface area contributed by atoms with Gasteiger partial charge in [-0.2, -0.15) is 0 Å². The second kappa shape index (κ2) is 21.3. The predicted octanol–water partition coefficient (Wildman–Crippen LogP) is 3.63. The molecule has 1 rings (SSSR count). The summed E-state index contributed by atoms with van der Waals surface area (Å²) in [7, 11) is 11.1. The normalized spacial score (nSPS) is 14.0. The van der Waals surface area contributed by atoms with Crippen LogP contribution < -0.4 is 0 Å². The van der Waals surface area contributed by atoms with Gasteiger partial charge in [0.05, 0.1) is 0 Å². The van der Waals surface area contributed by atoms with Gasteiger partial charge in [-0.25, -0.2) is 0 Å². The molecule has 53 heavy (non-hydrogen) atoms. The molecule has 12 heteroatoms. The molecule has 0 aliphatic heterocycles. The molecular formula is C41H66N6O6. The molecule has 0 saturated carbocycles. The van der Waals surface area contributed by atoms with Crippen LogP contribution in [-0.4, -0.2) is 144 Å². The van der Waals surface area contributed by atoms with Gasteiger partial charge in [-0.05, 0) is 43.1 Å². The van der Waals surface area contributed by atoms with Gasteiger partial charge in [0.1, 0.15) is 30.2 Å². The summed E-state index contributed by atoms with van der Waals surface area (Å²) in [5.74, 6) is -0.439. The van der Waals surface area contributed by atoms with Gasteiger partial charge >= 0.3 is 0 Å². The molecule has 0 N–H and O–H groups in total. The first-order chi connectivity index (χ1) is 24.6. The molecule has 1 aromatic carbocycles. The van der Waals surface area contributed by atoms with Gasteiger partial charge in [-0.1, -0.05) is 71.9 Å². The molecule has 296 valence electrons. The Balaban J connectivity index is 3.34. The predicted molar refractivity (Wildman–Crippen MR) is 209 cm³/mol. The average Bonchev–Trinajstić information content (AvgIpc) is 3.10. The first-order valence-corrected chi connectivity index (χ1v) is 18.6. The number of rotatable bonds is 19. The number of hydrogen-bond donors (Lipinski definition) is 0. The van der Waals surface area contributed by atoms with Crippen LogP contribution in [0.1, 0.15) is 79.7 Å². The van der Waals surface area contributed by atoms with Crippen molar-refractivity contribution in [3.8, 4) is 12.3 Å². The number of hydrogen-bond acceptors (Lipinski definition) is 6. The number of likely N-dealkylation sites (N-methyl/N-ethyl adjacent to an activating group) is 6. The number of carbonyl (C=O) groups is 6. The molecule has 5 atom stereocenters. The second-order valence-corrected chi connectivity index (χ2v) is 15.4.